The molecule has 1 aliphatic rings. The van der Waals surface area contributed by atoms with E-state index in [1.54, 1.807) is 12.2 Å². The second-order valence-electron chi connectivity index (χ2n) is 4.33. The highest BCUT2D eigenvalue weighted by Gasteiger charge is 2.30. The van der Waals surface area contributed by atoms with E-state index >= 15 is 0 Å². The minimum atomic E-state index is 0.0726. The van der Waals surface area contributed by atoms with Crippen molar-refractivity contribution in [3.8, 4) is 0 Å². The third-order valence-corrected chi connectivity index (χ3v) is 3.31. The lowest BCUT2D eigenvalue weighted by atomic mass is 10.0. The summed E-state index contributed by atoms with van der Waals surface area (Å²) in [5, 5.41) is 0. The van der Waals surface area contributed by atoms with E-state index in [4.69, 9.17) is 5.73 Å². The molecular formula is C13H22N2O. The van der Waals surface area contributed by atoms with Crippen molar-refractivity contribution in [3.63, 3.8) is 0 Å². The quantitative estimate of drug-likeness (QED) is 0.581. The van der Waals surface area contributed by atoms with Crippen LogP contribution in [0.4, 0.5) is 0 Å². The Labute approximate surface area is 98.0 Å². The van der Waals surface area contributed by atoms with Gasteiger partial charge >= 0.3 is 0 Å². The molecule has 90 valence electrons. The van der Waals surface area contributed by atoms with Gasteiger partial charge in [-0.3, -0.25) is 4.79 Å². The molecule has 1 aliphatic carbocycles. The first kappa shape index (κ1) is 13.0. The fourth-order valence-corrected chi connectivity index (χ4v) is 2.33. The fourth-order valence-electron chi connectivity index (χ4n) is 2.33. The van der Waals surface area contributed by atoms with Crippen molar-refractivity contribution in [2.24, 2.45) is 11.7 Å². The first-order valence-corrected chi connectivity index (χ1v) is 5.97. The maximum Gasteiger partial charge on any atom is 0.246 e. The Kier molecular flexibility index (Phi) is 5.26. The van der Waals surface area contributed by atoms with Crippen LogP contribution in [0.15, 0.2) is 24.3 Å². The van der Waals surface area contributed by atoms with E-state index in [1.165, 1.54) is 6.42 Å². The van der Waals surface area contributed by atoms with Gasteiger partial charge in [-0.05, 0) is 32.2 Å². The van der Waals surface area contributed by atoms with E-state index in [1.807, 2.05) is 31.0 Å². The van der Waals surface area contributed by atoms with Crippen molar-refractivity contribution in [2.45, 2.75) is 32.2 Å². The lowest BCUT2D eigenvalue weighted by molar-refractivity contribution is -0.127. The van der Waals surface area contributed by atoms with Crippen LogP contribution in [0.3, 0.4) is 0 Å². The molecule has 2 unspecified atom stereocenters. The molecule has 0 bridgehead atoms. The molecule has 0 aromatic rings. The Morgan fingerprint density at radius 2 is 2.19 bits per heavy atom. The zero-order valence-electron chi connectivity index (χ0n) is 10.2. The van der Waals surface area contributed by atoms with Crippen LogP contribution in [0.25, 0.3) is 0 Å². The van der Waals surface area contributed by atoms with Crippen LogP contribution in [0.5, 0.6) is 0 Å². The summed E-state index contributed by atoms with van der Waals surface area (Å²) in [7, 11) is 1.88. The predicted octanol–water partition coefficient (Wildman–Crippen LogP) is 1.70. The van der Waals surface area contributed by atoms with E-state index in [2.05, 4.69) is 0 Å². The van der Waals surface area contributed by atoms with Crippen LogP contribution in [0.2, 0.25) is 0 Å². The molecule has 1 fully saturated rings. The summed E-state index contributed by atoms with van der Waals surface area (Å²) in [6.07, 6.45) is 10.6. The summed E-state index contributed by atoms with van der Waals surface area (Å²) in [4.78, 5) is 13.7. The summed E-state index contributed by atoms with van der Waals surface area (Å²) in [5.74, 6) is 0.549. The zero-order chi connectivity index (χ0) is 12.0. The molecular weight excluding hydrogens is 200 g/mol. The van der Waals surface area contributed by atoms with E-state index < -0.39 is 0 Å². The van der Waals surface area contributed by atoms with Gasteiger partial charge in [-0.25, -0.2) is 0 Å². The smallest absolute Gasteiger partial charge is 0.246 e. The van der Waals surface area contributed by atoms with E-state index in [9.17, 15) is 4.79 Å². The van der Waals surface area contributed by atoms with Crippen molar-refractivity contribution >= 4 is 5.91 Å². The molecule has 0 radical (unpaired) electrons. The van der Waals surface area contributed by atoms with Crippen LogP contribution < -0.4 is 5.73 Å². The summed E-state index contributed by atoms with van der Waals surface area (Å²) in [5.41, 5.74) is 5.72. The van der Waals surface area contributed by atoms with Crippen molar-refractivity contribution in [3.05, 3.63) is 24.3 Å². The van der Waals surface area contributed by atoms with Gasteiger partial charge in [0.05, 0.1) is 0 Å². The number of carbonyl (C=O) groups excluding carboxylic acids is 1. The summed E-state index contributed by atoms with van der Waals surface area (Å²) in [6, 6.07) is 0.327. The second-order valence-corrected chi connectivity index (χ2v) is 4.33. The molecule has 3 heteroatoms. The SMILES string of the molecule is CC=CC=CC(=O)N(C)C1CCCC1CN. The number of nitrogens with two attached hydrogens (primary N) is 1. The lowest BCUT2D eigenvalue weighted by Crippen LogP contribution is -2.40. The molecule has 1 amide bonds. The van der Waals surface area contributed by atoms with Gasteiger partial charge in [0, 0.05) is 19.2 Å². The normalized spacial score (nSPS) is 25.7. The summed E-state index contributed by atoms with van der Waals surface area (Å²) >= 11 is 0. The highest BCUT2D eigenvalue weighted by atomic mass is 16.2. The highest BCUT2D eigenvalue weighted by Crippen LogP contribution is 2.28. The average Bonchev–Trinajstić information content (AvgIpc) is 2.76. The molecule has 0 spiro atoms. The van der Waals surface area contributed by atoms with Crippen molar-refractivity contribution in [1.29, 1.82) is 0 Å². The van der Waals surface area contributed by atoms with Gasteiger partial charge in [0.2, 0.25) is 5.91 Å². The summed E-state index contributed by atoms with van der Waals surface area (Å²) < 4.78 is 0. The van der Waals surface area contributed by atoms with Gasteiger partial charge in [-0.1, -0.05) is 24.6 Å². The van der Waals surface area contributed by atoms with Gasteiger partial charge < -0.3 is 10.6 Å². The first-order chi connectivity index (χ1) is 7.70. The molecule has 1 saturated carbocycles. The molecule has 0 aliphatic heterocycles. The topological polar surface area (TPSA) is 46.3 Å². The van der Waals surface area contributed by atoms with E-state index in [-0.39, 0.29) is 5.91 Å². The van der Waals surface area contributed by atoms with Crippen molar-refractivity contribution < 1.29 is 4.79 Å². The summed E-state index contributed by atoms with van der Waals surface area (Å²) in [6.45, 7) is 2.61. The van der Waals surface area contributed by atoms with Gasteiger partial charge in [0.15, 0.2) is 0 Å². The lowest BCUT2D eigenvalue weighted by Gasteiger charge is -2.28. The Balaban J connectivity index is 2.55. The number of hydrogen-bond acceptors (Lipinski definition) is 2. The minimum absolute atomic E-state index is 0.0726. The number of rotatable bonds is 4. The standard InChI is InChI=1S/C13H22N2O/c1-3-4-5-9-13(16)15(2)12-8-6-7-11(12)10-14/h3-5,9,11-12H,6-8,10,14H2,1-2H3. The number of amides is 1. The third kappa shape index (κ3) is 3.20. The Morgan fingerprint density at radius 1 is 1.44 bits per heavy atom. The van der Waals surface area contributed by atoms with Crippen LogP contribution >= 0.6 is 0 Å². The van der Waals surface area contributed by atoms with Gasteiger partial charge in [-0.15, -0.1) is 0 Å². The van der Waals surface area contributed by atoms with Crippen LogP contribution in [0, 0.1) is 5.92 Å². The second kappa shape index (κ2) is 6.48. The van der Waals surface area contributed by atoms with Crippen LogP contribution in [0.1, 0.15) is 26.2 Å². The van der Waals surface area contributed by atoms with Crippen LogP contribution in [-0.2, 0) is 4.79 Å². The maximum absolute atomic E-state index is 11.8. The Bertz CT molecular complexity index is 284. The van der Waals surface area contributed by atoms with Crippen LogP contribution in [-0.4, -0.2) is 30.4 Å². The molecule has 2 atom stereocenters. The van der Waals surface area contributed by atoms with Gasteiger partial charge in [0.1, 0.15) is 0 Å². The molecule has 16 heavy (non-hydrogen) atoms. The molecule has 3 nitrogen and oxygen atoms in total. The molecule has 0 heterocycles. The molecule has 1 rings (SSSR count). The number of carbonyl (C=O) groups is 1. The third-order valence-electron chi connectivity index (χ3n) is 3.31. The first-order valence-electron chi connectivity index (χ1n) is 5.97. The number of allylic oxidation sites excluding steroid dienone is 3. The zero-order valence-corrected chi connectivity index (χ0v) is 10.2. The average molecular weight is 222 g/mol. The molecule has 0 aromatic heterocycles. The minimum Gasteiger partial charge on any atom is -0.339 e. The molecule has 0 aromatic carbocycles. The fraction of sp³-hybridized carbons (Fsp3) is 0.615. The number of likely N-dealkylation sites (N-methyl/N-ethyl adjacent to an activating group) is 1. The van der Waals surface area contributed by atoms with Gasteiger partial charge in [-0.2, -0.15) is 0 Å². The van der Waals surface area contributed by atoms with Crippen molar-refractivity contribution in [1.82, 2.24) is 4.90 Å². The monoisotopic (exact) mass is 222 g/mol. The molecule has 0 saturated heterocycles. The Morgan fingerprint density at radius 3 is 2.81 bits per heavy atom. The molecule has 2 N–H and O–H groups in total. The van der Waals surface area contributed by atoms with E-state index in [0.29, 0.717) is 18.5 Å². The van der Waals surface area contributed by atoms with E-state index in [0.717, 1.165) is 12.8 Å². The number of nitrogens with zero attached hydrogens (tertiary/aromatic N) is 1. The van der Waals surface area contributed by atoms with Crippen molar-refractivity contribution in [2.75, 3.05) is 13.6 Å². The van der Waals surface area contributed by atoms with Gasteiger partial charge in [0.25, 0.3) is 0 Å². The predicted molar refractivity (Wildman–Crippen MR) is 66.9 cm³/mol. The highest BCUT2D eigenvalue weighted by molar-refractivity contribution is 5.87. The maximum atomic E-state index is 11.8. The Hall–Kier alpha value is -1.09. The number of hydrogen-bond donors (Lipinski definition) is 1. The largest absolute Gasteiger partial charge is 0.339 e.